The first kappa shape index (κ1) is 27.1. The van der Waals surface area contributed by atoms with Crippen molar-refractivity contribution in [3.05, 3.63) is 85.1 Å². The number of rotatable bonds is 9. The van der Waals surface area contributed by atoms with E-state index in [4.69, 9.17) is 10.5 Å². The smallest absolute Gasteiger partial charge is 0.339 e. The van der Waals surface area contributed by atoms with Gasteiger partial charge in [-0.05, 0) is 63.2 Å². The maximum absolute atomic E-state index is 12.5. The lowest BCUT2D eigenvalue weighted by Crippen LogP contribution is -2.29. The number of fused-ring (bicyclic) bond motifs is 1. The fourth-order valence-electron chi connectivity index (χ4n) is 4.76. The number of benzene rings is 1. The molecule has 0 radical (unpaired) electrons. The molecule has 0 spiro atoms. The van der Waals surface area contributed by atoms with Crippen LogP contribution in [0, 0.1) is 0 Å². The molecule has 204 valence electrons. The molecule has 3 N–H and O–H groups in total. The van der Waals surface area contributed by atoms with Crippen molar-refractivity contribution in [1.29, 1.82) is 0 Å². The number of imidazole rings is 1. The van der Waals surface area contributed by atoms with Crippen molar-refractivity contribution in [2.45, 2.75) is 26.3 Å². The van der Waals surface area contributed by atoms with Crippen molar-refractivity contribution in [3.63, 3.8) is 0 Å². The molecule has 9 heteroatoms. The number of nitrogens with two attached hydrogens (primary N) is 1. The van der Waals surface area contributed by atoms with Gasteiger partial charge >= 0.3 is 5.97 Å². The Morgan fingerprint density at radius 2 is 2.02 bits per heavy atom. The van der Waals surface area contributed by atoms with Crippen LogP contribution in [0.4, 0.5) is 0 Å². The van der Waals surface area contributed by atoms with Crippen LogP contribution in [0.1, 0.15) is 36.3 Å². The molecule has 0 aliphatic carbocycles. The quantitative estimate of drug-likeness (QED) is 0.178. The Morgan fingerprint density at radius 3 is 2.75 bits per heavy atom. The lowest BCUT2D eigenvalue weighted by molar-refractivity contribution is 0.0471. The Bertz CT molecular complexity index is 1580. The number of hydrogen-bond acceptors (Lipinski definition) is 8. The van der Waals surface area contributed by atoms with Crippen molar-refractivity contribution >= 4 is 28.3 Å². The molecule has 1 aliphatic rings. The molecule has 0 bridgehead atoms. The fraction of sp³-hybridized carbons (Fsp3) is 0.258. The largest absolute Gasteiger partial charge is 0.461 e. The Balaban J connectivity index is 1.33. The van der Waals surface area contributed by atoms with Crippen LogP contribution in [0.3, 0.4) is 0 Å². The van der Waals surface area contributed by atoms with Crippen LogP contribution in [0.5, 0.6) is 0 Å². The molecule has 4 aromatic rings. The molecule has 1 saturated heterocycles. The molecule has 4 heterocycles. The number of allylic oxidation sites excluding steroid dienone is 2. The van der Waals surface area contributed by atoms with Crippen molar-refractivity contribution < 1.29 is 9.53 Å². The molecule has 0 amide bonds. The number of nitrogens with one attached hydrogen (secondary N) is 1. The lowest BCUT2D eigenvalue weighted by atomic mass is 10.0. The van der Waals surface area contributed by atoms with Crippen LogP contribution in [0.2, 0.25) is 0 Å². The summed E-state index contributed by atoms with van der Waals surface area (Å²) in [5.74, 6) is -0.383. The zero-order valence-corrected chi connectivity index (χ0v) is 22.8. The third-order valence-electron chi connectivity index (χ3n) is 6.71. The molecule has 3 aromatic heterocycles. The number of carbonyl (C=O) groups is 1. The molecule has 9 nitrogen and oxygen atoms in total. The standard InChI is InChI=1S/C31H33N7O2/c1-4-5-28(37-20(2)3)30-29(35-19-36-30)21-6-8-26-23(14-21)15-24(17-34-26)27-9-7-22(16-33-27)31(39)40-13-12-38-11-10-25(32)18-38/h4-9,14-17,19,25H,1,10-13,18,32H2,2-3H3,(H,35,36)/b28-5-/t25-/m1/s1. The van der Waals surface area contributed by atoms with Crippen LogP contribution in [-0.4, -0.2) is 68.8 Å². The SMILES string of the molecule is C=C/C=C(\N=C(C)C)c1[nH]cnc1-c1ccc2ncc(-c3ccc(C(=O)OCCN4CC[C@@H](N)C4)cn3)cc2c1. The van der Waals surface area contributed by atoms with Gasteiger partial charge in [-0.2, -0.15) is 0 Å². The van der Waals surface area contributed by atoms with E-state index in [0.29, 0.717) is 24.4 Å². The third kappa shape index (κ3) is 6.22. The summed E-state index contributed by atoms with van der Waals surface area (Å²) < 4.78 is 5.44. The van der Waals surface area contributed by atoms with Crippen molar-refractivity contribution in [1.82, 2.24) is 24.8 Å². The summed E-state index contributed by atoms with van der Waals surface area (Å²) in [6, 6.07) is 11.8. The zero-order valence-electron chi connectivity index (χ0n) is 22.8. The Morgan fingerprint density at radius 1 is 1.18 bits per heavy atom. The van der Waals surface area contributed by atoms with Gasteiger partial charge < -0.3 is 15.5 Å². The summed E-state index contributed by atoms with van der Waals surface area (Å²) in [6.07, 6.45) is 9.55. The van der Waals surface area contributed by atoms with Crippen molar-refractivity contribution in [3.8, 4) is 22.5 Å². The number of aromatic amines is 1. The Kier molecular flexibility index (Phi) is 8.23. The maximum atomic E-state index is 12.5. The average Bonchev–Trinajstić information content (AvgIpc) is 3.61. The van der Waals surface area contributed by atoms with Crippen LogP contribution >= 0.6 is 0 Å². The number of likely N-dealkylation sites (tertiary alicyclic amines) is 1. The van der Waals surface area contributed by atoms with E-state index in [0.717, 1.165) is 64.3 Å². The van der Waals surface area contributed by atoms with Gasteiger partial charge in [0.25, 0.3) is 0 Å². The highest BCUT2D eigenvalue weighted by Crippen LogP contribution is 2.30. The Hall–Kier alpha value is -4.47. The van der Waals surface area contributed by atoms with Crippen molar-refractivity contribution in [2.75, 3.05) is 26.2 Å². The number of aliphatic imine (C=N–C) groups is 1. The number of esters is 1. The second-order valence-electron chi connectivity index (χ2n) is 10.0. The number of pyridine rings is 2. The van der Waals surface area contributed by atoms with Gasteiger partial charge in [0.2, 0.25) is 0 Å². The topological polar surface area (TPSA) is 122 Å². The van der Waals surface area contributed by atoms with Gasteiger partial charge in [-0.1, -0.05) is 18.7 Å². The van der Waals surface area contributed by atoms with Crippen LogP contribution in [-0.2, 0) is 4.74 Å². The molecular weight excluding hydrogens is 502 g/mol. The molecule has 40 heavy (non-hydrogen) atoms. The van der Waals surface area contributed by atoms with Gasteiger partial charge in [0, 0.05) is 53.7 Å². The normalized spacial score (nSPS) is 15.8. The van der Waals surface area contributed by atoms with E-state index < -0.39 is 0 Å². The second kappa shape index (κ2) is 12.1. The van der Waals surface area contributed by atoms with Gasteiger partial charge in [0.05, 0.1) is 40.2 Å². The summed E-state index contributed by atoms with van der Waals surface area (Å²) in [6.45, 7) is 10.5. The summed E-state index contributed by atoms with van der Waals surface area (Å²) in [5, 5.41) is 0.945. The molecule has 1 aliphatic heterocycles. The van der Waals surface area contributed by atoms with Gasteiger partial charge in [0.1, 0.15) is 6.61 Å². The number of nitrogens with zero attached hydrogens (tertiary/aromatic N) is 5. The highest BCUT2D eigenvalue weighted by Gasteiger charge is 2.19. The summed E-state index contributed by atoms with van der Waals surface area (Å²) in [4.78, 5) is 36.3. The molecule has 5 rings (SSSR count). The van der Waals surface area contributed by atoms with Gasteiger partial charge in [-0.15, -0.1) is 0 Å². The van der Waals surface area contributed by atoms with E-state index in [-0.39, 0.29) is 12.0 Å². The molecule has 1 aromatic carbocycles. The number of carbonyl (C=O) groups excluding carboxylic acids is 1. The van der Waals surface area contributed by atoms with Gasteiger partial charge in [0.15, 0.2) is 0 Å². The van der Waals surface area contributed by atoms with E-state index in [2.05, 4.69) is 42.5 Å². The van der Waals surface area contributed by atoms with Gasteiger partial charge in [-0.25, -0.2) is 9.78 Å². The second-order valence-corrected chi connectivity index (χ2v) is 10.0. The first-order chi connectivity index (χ1) is 19.4. The van der Waals surface area contributed by atoms with Crippen LogP contribution < -0.4 is 5.73 Å². The summed E-state index contributed by atoms with van der Waals surface area (Å²) >= 11 is 0. The predicted octanol–water partition coefficient (Wildman–Crippen LogP) is 4.88. The van der Waals surface area contributed by atoms with E-state index in [1.54, 1.807) is 30.9 Å². The van der Waals surface area contributed by atoms with Gasteiger partial charge in [-0.3, -0.25) is 19.9 Å². The zero-order chi connectivity index (χ0) is 28.1. The lowest BCUT2D eigenvalue weighted by Gasteiger charge is -2.14. The van der Waals surface area contributed by atoms with E-state index in [1.807, 2.05) is 44.2 Å². The monoisotopic (exact) mass is 535 g/mol. The van der Waals surface area contributed by atoms with Crippen molar-refractivity contribution in [2.24, 2.45) is 10.7 Å². The number of H-pyrrole nitrogens is 1. The predicted molar refractivity (Wildman–Crippen MR) is 159 cm³/mol. The minimum Gasteiger partial charge on any atom is -0.461 e. The Labute approximate surface area is 233 Å². The van der Waals surface area contributed by atoms with Crippen LogP contribution in [0.15, 0.2) is 78.8 Å². The summed E-state index contributed by atoms with van der Waals surface area (Å²) in [7, 11) is 0. The highest BCUT2D eigenvalue weighted by atomic mass is 16.5. The van der Waals surface area contributed by atoms with E-state index in [1.165, 1.54) is 0 Å². The molecule has 1 atom stereocenters. The van der Waals surface area contributed by atoms with E-state index >= 15 is 0 Å². The van der Waals surface area contributed by atoms with Crippen LogP contribution in [0.25, 0.3) is 39.1 Å². The maximum Gasteiger partial charge on any atom is 0.339 e. The number of hydrogen-bond donors (Lipinski definition) is 2. The summed E-state index contributed by atoms with van der Waals surface area (Å²) in [5.41, 5.74) is 13.0. The van der Waals surface area contributed by atoms with E-state index in [9.17, 15) is 4.79 Å². The minimum absolute atomic E-state index is 0.212. The minimum atomic E-state index is -0.383. The molecule has 0 saturated carbocycles. The highest BCUT2D eigenvalue weighted by molar-refractivity contribution is 5.92. The molecular formula is C31H33N7O2. The number of aromatic nitrogens is 4. The molecule has 0 unspecified atom stereocenters. The first-order valence-corrected chi connectivity index (χ1v) is 13.3. The molecule has 1 fully saturated rings. The first-order valence-electron chi connectivity index (χ1n) is 13.3. The average molecular weight is 536 g/mol. The fourth-order valence-corrected chi connectivity index (χ4v) is 4.76. The third-order valence-corrected chi connectivity index (χ3v) is 6.71. The number of ether oxygens (including phenoxy) is 1.